The molecule has 1 aliphatic heterocycles. The fraction of sp³-hybridized carbons (Fsp3) is 0.269. The van der Waals surface area contributed by atoms with Gasteiger partial charge in [-0.2, -0.15) is 0 Å². The molecule has 4 aromatic rings. The predicted molar refractivity (Wildman–Crippen MR) is 134 cm³/mol. The minimum absolute atomic E-state index is 0.151. The molecule has 33 heavy (non-hydrogen) atoms. The number of anilines is 2. The molecule has 0 atom stereocenters. The molecule has 0 spiro atoms. The first-order valence-electron chi connectivity index (χ1n) is 11.2. The minimum atomic E-state index is -0.348. The van der Waals surface area contributed by atoms with Crippen LogP contribution in [-0.4, -0.2) is 33.5 Å². The number of nitrogens with one attached hydrogen (secondary N) is 1. The number of rotatable bonds is 4. The molecule has 1 N–H and O–H groups in total. The molecule has 1 fully saturated rings. The Kier molecular flexibility index (Phi) is 5.54. The number of nitrogens with zero attached hydrogens (tertiary/aromatic N) is 4. The Morgan fingerprint density at radius 3 is 2.39 bits per heavy atom. The average Bonchev–Trinajstić information content (AvgIpc) is 3.44. The SMILES string of the molecule is Cc1c(Cl)cccc1NC(=O)c1nc(N2CCCC2)c2c(C)c(C)n(-c3ccccc3)c2n1. The van der Waals surface area contributed by atoms with Crippen LogP contribution in [0.25, 0.3) is 16.7 Å². The zero-order chi connectivity index (χ0) is 23.1. The molecular weight excluding hydrogens is 434 g/mol. The van der Waals surface area contributed by atoms with Gasteiger partial charge in [-0.05, 0) is 69.0 Å². The van der Waals surface area contributed by atoms with Crippen LogP contribution in [0.2, 0.25) is 5.02 Å². The number of carbonyl (C=O) groups is 1. The Morgan fingerprint density at radius 1 is 0.939 bits per heavy atom. The van der Waals surface area contributed by atoms with Crippen molar-refractivity contribution in [3.8, 4) is 5.69 Å². The zero-order valence-electron chi connectivity index (χ0n) is 19.0. The Balaban J connectivity index is 1.69. The first kappa shape index (κ1) is 21.5. The van der Waals surface area contributed by atoms with Crippen molar-refractivity contribution in [1.29, 1.82) is 0 Å². The first-order chi connectivity index (χ1) is 16.0. The van der Waals surface area contributed by atoms with Crippen LogP contribution in [0.15, 0.2) is 48.5 Å². The fourth-order valence-electron chi connectivity index (χ4n) is 4.52. The number of aryl methyl sites for hydroxylation is 1. The van der Waals surface area contributed by atoms with E-state index in [4.69, 9.17) is 21.6 Å². The summed E-state index contributed by atoms with van der Waals surface area (Å²) in [5.74, 6) is 0.637. The summed E-state index contributed by atoms with van der Waals surface area (Å²) < 4.78 is 2.12. The van der Waals surface area contributed by atoms with Crippen LogP contribution in [0.5, 0.6) is 0 Å². The second-order valence-corrected chi connectivity index (χ2v) is 8.92. The van der Waals surface area contributed by atoms with E-state index in [2.05, 4.69) is 40.8 Å². The van der Waals surface area contributed by atoms with Gasteiger partial charge in [0.15, 0.2) is 5.65 Å². The average molecular weight is 460 g/mol. The van der Waals surface area contributed by atoms with Crippen LogP contribution in [0.3, 0.4) is 0 Å². The molecule has 0 bridgehead atoms. The standard InChI is InChI=1S/C26H26ClN5O/c1-16-18(3)32(19-10-5-4-6-11-19)25-22(16)24(31-14-7-8-15-31)29-23(30-25)26(33)28-21-13-9-12-20(27)17(21)2/h4-6,9-13H,7-8,14-15H2,1-3H3,(H,28,33). The molecular formula is C26H26ClN5O. The molecule has 0 radical (unpaired) electrons. The lowest BCUT2D eigenvalue weighted by atomic mass is 10.2. The van der Waals surface area contributed by atoms with Gasteiger partial charge in [-0.25, -0.2) is 9.97 Å². The number of hydrogen-bond donors (Lipinski definition) is 1. The van der Waals surface area contributed by atoms with Gasteiger partial charge < -0.3 is 10.2 Å². The molecule has 0 aliphatic carbocycles. The van der Waals surface area contributed by atoms with E-state index in [1.54, 1.807) is 6.07 Å². The molecule has 3 heterocycles. The molecule has 6 nitrogen and oxygen atoms in total. The van der Waals surface area contributed by atoms with E-state index in [1.165, 1.54) is 0 Å². The van der Waals surface area contributed by atoms with Crippen molar-refractivity contribution in [2.45, 2.75) is 33.6 Å². The molecule has 2 aromatic heterocycles. The van der Waals surface area contributed by atoms with Crippen LogP contribution in [0.4, 0.5) is 11.5 Å². The van der Waals surface area contributed by atoms with Gasteiger partial charge in [-0.1, -0.05) is 35.9 Å². The van der Waals surface area contributed by atoms with Gasteiger partial charge >= 0.3 is 0 Å². The summed E-state index contributed by atoms with van der Waals surface area (Å²) in [6.07, 6.45) is 2.23. The number of aromatic nitrogens is 3. The number of amides is 1. The lowest BCUT2D eigenvalue weighted by Gasteiger charge is -2.19. The van der Waals surface area contributed by atoms with Gasteiger partial charge in [0.05, 0.1) is 5.39 Å². The number of halogens is 1. The van der Waals surface area contributed by atoms with Crippen molar-refractivity contribution in [3.63, 3.8) is 0 Å². The third kappa shape index (κ3) is 3.74. The Hall–Kier alpha value is -3.38. The minimum Gasteiger partial charge on any atom is -0.356 e. The van der Waals surface area contributed by atoms with Gasteiger partial charge in [-0.3, -0.25) is 9.36 Å². The summed E-state index contributed by atoms with van der Waals surface area (Å²) in [6.45, 7) is 7.93. The van der Waals surface area contributed by atoms with E-state index in [1.807, 2.05) is 37.3 Å². The summed E-state index contributed by atoms with van der Waals surface area (Å²) in [6, 6.07) is 15.6. The molecule has 1 amide bonds. The molecule has 1 aliphatic rings. The summed E-state index contributed by atoms with van der Waals surface area (Å²) in [5, 5.41) is 4.57. The lowest BCUT2D eigenvalue weighted by molar-refractivity contribution is 0.101. The molecule has 168 valence electrons. The maximum Gasteiger partial charge on any atom is 0.293 e. The van der Waals surface area contributed by atoms with Crippen molar-refractivity contribution in [2.75, 3.05) is 23.3 Å². The van der Waals surface area contributed by atoms with E-state index < -0.39 is 0 Å². The van der Waals surface area contributed by atoms with Gasteiger partial charge in [0.2, 0.25) is 5.82 Å². The summed E-state index contributed by atoms with van der Waals surface area (Å²) in [4.78, 5) is 25.2. The van der Waals surface area contributed by atoms with E-state index in [0.717, 1.165) is 65.3 Å². The highest BCUT2D eigenvalue weighted by molar-refractivity contribution is 6.31. The Labute approximate surface area is 198 Å². The highest BCUT2D eigenvalue weighted by Gasteiger charge is 2.26. The van der Waals surface area contributed by atoms with Crippen molar-refractivity contribution >= 4 is 40.0 Å². The van der Waals surface area contributed by atoms with Gasteiger partial charge in [0, 0.05) is 35.2 Å². The lowest BCUT2D eigenvalue weighted by Crippen LogP contribution is -2.23. The molecule has 1 saturated heterocycles. The van der Waals surface area contributed by atoms with Crippen molar-refractivity contribution in [2.24, 2.45) is 0 Å². The highest BCUT2D eigenvalue weighted by atomic mass is 35.5. The maximum atomic E-state index is 13.3. The van der Waals surface area contributed by atoms with E-state index in [0.29, 0.717) is 10.7 Å². The van der Waals surface area contributed by atoms with Crippen molar-refractivity contribution in [1.82, 2.24) is 14.5 Å². The van der Waals surface area contributed by atoms with Crippen molar-refractivity contribution in [3.05, 3.63) is 76.2 Å². The third-order valence-corrected chi connectivity index (χ3v) is 6.88. The Morgan fingerprint density at radius 2 is 1.67 bits per heavy atom. The zero-order valence-corrected chi connectivity index (χ0v) is 19.8. The first-order valence-corrected chi connectivity index (χ1v) is 11.6. The normalized spacial score (nSPS) is 13.6. The van der Waals surface area contributed by atoms with Crippen molar-refractivity contribution < 1.29 is 4.79 Å². The van der Waals surface area contributed by atoms with Crippen LogP contribution >= 0.6 is 11.6 Å². The second-order valence-electron chi connectivity index (χ2n) is 8.51. The predicted octanol–water partition coefficient (Wildman–Crippen LogP) is 5.85. The van der Waals surface area contributed by atoms with Crippen LogP contribution in [-0.2, 0) is 0 Å². The molecule has 5 rings (SSSR count). The summed E-state index contributed by atoms with van der Waals surface area (Å²) >= 11 is 6.25. The maximum absolute atomic E-state index is 13.3. The second kappa shape index (κ2) is 8.52. The van der Waals surface area contributed by atoms with E-state index in [-0.39, 0.29) is 11.7 Å². The van der Waals surface area contributed by atoms with E-state index in [9.17, 15) is 4.79 Å². The quantitative estimate of drug-likeness (QED) is 0.415. The Bertz CT molecular complexity index is 1360. The smallest absolute Gasteiger partial charge is 0.293 e. The number of fused-ring (bicyclic) bond motifs is 1. The molecule has 0 unspecified atom stereocenters. The molecule has 0 saturated carbocycles. The van der Waals surface area contributed by atoms with Crippen LogP contribution in [0.1, 0.15) is 40.3 Å². The van der Waals surface area contributed by atoms with Gasteiger partial charge in [0.25, 0.3) is 5.91 Å². The number of hydrogen-bond acceptors (Lipinski definition) is 4. The largest absolute Gasteiger partial charge is 0.356 e. The molecule has 2 aromatic carbocycles. The number of carbonyl (C=O) groups excluding carboxylic acids is 1. The number of benzene rings is 2. The third-order valence-electron chi connectivity index (χ3n) is 6.47. The van der Waals surface area contributed by atoms with Gasteiger partial charge in [-0.15, -0.1) is 0 Å². The fourth-order valence-corrected chi connectivity index (χ4v) is 4.69. The topological polar surface area (TPSA) is 63.1 Å². The summed E-state index contributed by atoms with van der Waals surface area (Å²) in [5.41, 5.74) is 5.46. The van der Waals surface area contributed by atoms with Crippen LogP contribution in [0, 0.1) is 20.8 Å². The number of para-hydroxylation sites is 1. The monoisotopic (exact) mass is 459 g/mol. The molecule has 7 heteroatoms. The van der Waals surface area contributed by atoms with E-state index >= 15 is 0 Å². The highest BCUT2D eigenvalue weighted by Crippen LogP contribution is 2.35. The van der Waals surface area contributed by atoms with Gasteiger partial charge in [0.1, 0.15) is 5.82 Å². The summed E-state index contributed by atoms with van der Waals surface area (Å²) in [7, 11) is 0. The van der Waals surface area contributed by atoms with Crippen LogP contribution < -0.4 is 10.2 Å².